The molecule has 4 heteroatoms. The van der Waals surface area contributed by atoms with Gasteiger partial charge in [-0.1, -0.05) is 0 Å². The molecule has 2 unspecified atom stereocenters. The maximum atomic E-state index is 8.77. The molecule has 0 aromatic carbocycles. The fourth-order valence-electron chi connectivity index (χ4n) is 2.10. The van der Waals surface area contributed by atoms with Gasteiger partial charge in [0.2, 0.25) is 0 Å². The van der Waals surface area contributed by atoms with Crippen molar-refractivity contribution < 1.29 is 0 Å². The predicted octanol–water partition coefficient (Wildman–Crippen LogP) is 3.48. The van der Waals surface area contributed by atoms with Crippen LogP contribution in [0, 0.1) is 20.1 Å². The van der Waals surface area contributed by atoms with Gasteiger partial charge >= 0.3 is 0 Å². The van der Waals surface area contributed by atoms with E-state index < -0.39 is 0 Å². The lowest BCUT2D eigenvalue weighted by Crippen LogP contribution is -2.28. The van der Waals surface area contributed by atoms with E-state index in [0.29, 0.717) is 6.04 Å². The summed E-state index contributed by atoms with van der Waals surface area (Å²) in [7, 11) is 0. The summed E-state index contributed by atoms with van der Waals surface area (Å²) in [6, 6.07) is 5.04. The van der Waals surface area contributed by atoms with Gasteiger partial charge in [-0.15, -0.1) is 11.3 Å². The summed E-state index contributed by atoms with van der Waals surface area (Å²) in [6.07, 6.45) is 3.70. The minimum atomic E-state index is 0.100. The van der Waals surface area contributed by atoms with Crippen molar-refractivity contribution >= 4 is 33.9 Å². The van der Waals surface area contributed by atoms with Crippen LogP contribution >= 0.6 is 33.9 Å². The third-order valence-corrected chi connectivity index (χ3v) is 4.95. The number of nitrogens with one attached hydrogen (secondary N) is 1. The van der Waals surface area contributed by atoms with E-state index in [4.69, 9.17) is 5.26 Å². The molecule has 0 spiro atoms. The highest BCUT2D eigenvalue weighted by molar-refractivity contribution is 14.1. The van der Waals surface area contributed by atoms with Crippen LogP contribution in [0.4, 0.5) is 0 Å². The summed E-state index contributed by atoms with van der Waals surface area (Å²) in [4.78, 5) is 1.54. The Kier molecular flexibility index (Phi) is 4.22. The van der Waals surface area contributed by atoms with Crippen molar-refractivity contribution in [2.24, 2.45) is 5.92 Å². The minimum absolute atomic E-state index is 0.100. The molecule has 0 radical (unpaired) electrons. The SMILES string of the molecule is CC(C#N)CNC1CCCc2sc(I)cc21. The fourth-order valence-corrected chi connectivity index (χ4v) is 4.22. The first-order chi connectivity index (χ1) is 7.70. The van der Waals surface area contributed by atoms with Gasteiger partial charge in [-0.3, -0.25) is 0 Å². The van der Waals surface area contributed by atoms with Crippen molar-refractivity contribution in [3.05, 3.63) is 19.4 Å². The third kappa shape index (κ3) is 2.76. The van der Waals surface area contributed by atoms with Gasteiger partial charge in [0.15, 0.2) is 0 Å². The number of aryl methyl sites for hydroxylation is 1. The molecule has 0 saturated carbocycles. The van der Waals surface area contributed by atoms with Gasteiger partial charge in [-0.2, -0.15) is 5.26 Å². The van der Waals surface area contributed by atoms with Crippen LogP contribution in [0.25, 0.3) is 0 Å². The number of fused-ring (bicyclic) bond motifs is 1. The van der Waals surface area contributed by atoms with E-state index in [1.54, 1.807) is 0 Å². The maximum Gasteiger partial charge on any atom is 0.0666 e. The monoisotopic (exact) mass is 346 g/mol. The maximum absolute atomic E-state index is 8.77. The second-order valence-corrected chi connectivity index (χ2v) is 7.34. The minimum Gasteiger partial charge on any atom is -0.309 e. The number of rotatable bonds is 3. The molecule has 0 aliphatic heterocycles. The molecule has 1 aliphatic carbocycles. The molecule has 16 heavy (non-hydrogen) atoms. The van der Waals surface area contributed by atoms with Crippen LogP contribution in [0.1, 0.15) is 36.2 Å². The van der Waals surface area contributed by atoms with E-state index in [0.717, 1.165) is 6.54 Å². The Morgan fingerprint density at radius 2 is 2.56 bits per heavy atom. The van der Waals surface area contributed by atoms with E-state index in [-0.39, 0.29) is 5.92 Å². The fraction of sp³-hybridized carbons (Fsp3) is 0.583. The van der Waals surface area contributed by atoms with Crippen LogP contribution < -0.4 is 5.32 Å². The first kappa shape index (κ1) is 12.3. The van der Waals surface area contributed by atoms with E-state index in [1.807, 2.05) is 18.3 Å². The lowest BCUT2D eigenvalue weighted by Gasteiger charge is -2.24. The molecule has 1 N–H and O–H groups in total. The molecule has 0 amide bonds. The van der Waals surface area contributed by atoms with Gasteiger partial charge in [-0.05, 0) is 60.4 Å². The summed E-state index contributed by atoms with van der Waals surface area (Å²) < 4.78 is 1.38. The molecule has 0 fully saturated rings. The summed E-state index contributed by atoms with van der Waals surface area (Å²) in [5.74, 6) is 0.100. The highest BCUT2D eigenvalue weighted by Gasteiger charge is 2.22. The van der Waals surface area contributed by atoms with Gasteiger partial charge in [0, 0.05) is 17.5 Å². The van der Waals surface area contributed by atoms with Crippen LogP contribution in [-0.4, -0.2) is 6.54 Å². The number of hydrogen-bond acceptors (Lipinski definition) is 3. The third-order valence-electron chi connectivity index (χ3n) is 2.97. The molecule has 0 bridgehead atoms. The van der Waals surface area contributed by atoms with Crippen molar-refractivity contribution in [3.8, 4) is 6.07 Å². The lowest BCUT2D eigenvalue weighted by molar-refractivity contribution is 0.445. The highest BCUT2D eigenvalue weighted by atomic mass is 127. The largest absolute Gasteiger partial charge is 0.309 e. The molecule has 0 saturated heterocycles. The second-order valence-electron chi connectivity index (χ2n) is 4.31. The zero-order chi connectivity index (χ0) is 11.5. The van der Waals surface area contributed by atoms with Crippen molar-refractivity contribution in [3.63, 3.8) is 0 Å². The Morgan fingerprint density at radius 1 is 1.75 bits per heavy atom. The molecule has 1 heterocycles. The molecule has 2 atom stereocenters. The number of nitriles is 1. The lowest BCUT2D eigenvalue weighted by atomic mass is 9.94. The summed E-state index contributed by atoms with van der Waals surface area (Å²) >= 11 is 4.31. The molecule has 86 valence electrons. The van der Waals surface area contributed by atoms with Crippen LogP contribution in [0.5, 0.6) is 0 Å². The van der Waals surface area contributed by atoms with Crippen molar-refractivity contribution in [2.45, 2.75) is 32.2 Å². The smallest absolute Gasteiger partial charge is 0.0666 e. The van der Waals surface area contributed by atoms with Gasteiger partial charge < -0.3 is 5.32 Å². The molecule has 1 aromatic heterocycles. The van der Waals surface area contributed by atoms with E-state index >= 15 is 0 Å². The first-order valence-corrected chi connectivity index (χ1v) is 7.51. The topological polar surface area (TPSA) is 35.8 Å². The van der Waals surface area contributed by atoms with Crippen molar-refractivity contribution in [1.82, 2.24) is 5.32 Å². The molecule has 2 rings (SSSR count). The van der Waals surface area contributed by atoms with Crippen LogP contribution in [0.2, 0.25) is 0 Å². The first-order valence-electron chi connectivity index (χ1n) is 5.62. The molecule has 1 aromatic rings. The zero-order valence-corrected chi connectivity index (χ0v) is 12.3. The van der Waals surface area contributed by atoms with E-state index in [2.05, 4.69) is 40.0 Å². The Morgan fingerprint density at radius 3 is 3.31 bits per heavy atom. The van der Waals surface area contributed by atoms with Crippen LogP contribution in [0.3, 0.4) is 0 Å². The molecular formula is C12H15IN2S. The number of nitrogens with zero attached hydrogens (tertiary/aromatic N) is 1. The second kappa shape index (κ2) is 5.48. The highest BCUT2D eigenvalue weighted by Crippen LogP contribution is 2.36. The summed E-state index contributed by atoms with van der Waals surface area (Å²) in [5.41, 5.74) is 1.48. The van der Waals surface area contributed by atoms with Crippen LogP contribution in [-0.2, 0) is 6.42 Å². The molecular weight excluding hydrogens is 331 g/mol. The van der Waals surface area contributed by atoms with Gasteiger partial charge in [0.05, 0.1) is 14.9 Å². The van der Waals surface area contributed by atoms with E-state index in [1.165, 1.54) is 32.6 Å². The quantitative estimate of drug-likeness (QED) is 0.851. The average molecular weight is 346 g/mol. The van der Waals surface area contributed by atoms with E-state index in [9.17, 15) is 0 Å². The molecule has 1 aliphatic rings. The standard InChI is InChI=1S/C12H15IN2S/c1-8(6-14)7-15-10-3-2-4-11-9(10)5-12(13)16-11/h5,8,10,15H,2-4,7H2,1H3. The predicted molar refractivity (Wildman–Crippen MR) is 75.5 cm³/mol. The van der Waals surface area contributed by atoms with Gasteiger partial charge in [-0.25, -0.2) is 0 Å². The summed E-state index contributed by atoms with van der Waals surface area (Å²) in [5, 5.41) is 12.3. The summed E-state index contributed by atoms with van der Waals surface area (Å²) in [6.45, 7) is 2.77. The van der Waals surface area contributed by atoms with Gasteiger partial charge in [0.1, 0.15) is 0 Å². The van der Waals surface area contributed by atoms with Crippen molar-refractivity contribution in [1.29, 1.82) is 5.26 Å². The Bertz CT molecular complexity index is 408. The van der Waals surface area contributed by atoms with Crippen molar-refractivity contribution in [2.75, 3.05) is 6.54 Å². The zero-order valence-electron chi connectivity index (χ0n) is 9.29. The Labute approximate surface area is 114 Å². The number of thiophene rings is 1. The van der Waals surface area contributed by atoms with Gasteiger partial charge in [0.25, 0.3) is 0 Å². The van der Waals surface area contributed by atoms with Crippen LogP contribution in [0.15, 0.2) is 6.07 Å². The Balaban J connectivity index is 2.04. The Hall–Kier alpha value is -0.120. The normalized spacial score (nSPS) is 21.2. The number of halogens is 1. The number of hydrogen-bond donors (Lipinski definition) is 1. The molecule has 2 nitrogen and oxygen atoms in total. The average Bonchev–Trinajstić information content (AvgIpc) is 2.66.